The van der Waals surface area contributed by atoms with Gasteiger partial charge in [0.2, 0.25) is 5.91 Å². The van der Waals surface area contributed by atoms with E-state index in [1.165, 1.54) is 0 Å². The maximum absolute atomic E-state index is 12.3. The summed E-state index contributed by atoms with van der Waals surface area (Å²) in [6.07, 6.45) is 0.923. The average molecular weight is 251 g/mol. The van der Waals surface area contributed by atoms with Crippen LogP contribution in [0.4, 0.5) is 0 Å². The number of carbonyl (C=O) groups excluding carboxylic acids is 1. The Hall–Kier alpha value is -1.36. The van der Waals surface area contributed by atoms with Crippen molar-refractivity contribution in [3.8, 4) is 0 Å². The highest BCUT2D eigenvalue weighted by molar-refractivity contribution is 5.79. The van der Waals surface area contributed by atoms with Crippen molar-refractivity contribution in [2.24, 2.45) is 5.92 Å². The minimum Gasteiger partial charge on any atom is -0.361 e. The Morgan fingerprint density at radius 3 is 2.78 bits per heavy atom. The average Bonchev–Trinajstić information content (AvgIpc) is 2.88. The number of amides is 1. The van der Waals surface area contributed by atoms with Crippen LogP contribution < -0.4 is 5.32 Å². The lowest BCUT2D eigenvalue weighted by molar-refractivity contribution is -0.134. The van der Waals surface area contributed by atoms with Crippen molar-refractivity contribution in [2.75, 3.05) is 13.6 Å². The first kappa shape index (κ1) is 13.1. The minimum absolute atomic E-state index is 0.0930. The number of rotatable bonds is 3. The topological polar surface area (TPSA) is 58.4 Å². The van der Waals surface area contributed by atoms with Crippen molar-refractivity contribution in [1.82, 2.24) is 15.4 Å². The van der Waals surface area contributed by atoms with Crippen LogP contribution in [0.5, 0.6) is 0 Å². The maximum Gasteiger partial charge on any atom is 0.227 e. The molecule has 5 nitrogen and oxygen atoms in total. The Morgan fingerprint density at radius 1 is 1.56 bits per heavy atom. The van der Waals surface area contributed by atoms with E-state index in [0.29, 0.717) is 6.54 Å². The summed E-state index contributed by atoms with van der Waals surface area (Å²) in [5.41, 5.74) is 1.88. The number of carbonyl (C=O) groups is 1. The van der Waals surface area contributed by atoms with Gasteiger partial charge in [-0.1, -0.05) is 5.16 Å². The van der Waals surface area contributed by atoms with E-state index in [9.17, 15) is 4.79 Å². The molecule has 2 atom stereocenters. The zero-order valence-corrected chi connectivity index (χ0v) is 11.5. The Morgan fingerprint density at radius 2 is 2.28 bits per heavy atom. The van der Waals surface area contributed by atoms with Crippen LogP contribution in [0.1, 0.15) is 30.4 Å². The van der Waals surface area contributed by atoms with Gasteiger partial charge in [0, 0.05) is 18.7 Å². The van der Waals surface area contributed by atoms with Crippen molar-refractivity contribution >= 4 is 5.91 Å². The van der Waals surface area contributed by atoms with Crippen molar-refractivity contribution in [1.29, 1.82) is 0 Å². The quantitative estimate of drug-likeness (QED) is 0.878. The summed E-state index contributed by atoms with van der Waals surface area (Å²) in [6.45, 7) is 7.36. The van der Waals surface area contributed by atoms with Crippen LogP contribution in [0.25, 0.3) is 0 Å². The van der Waals surface area contributed by atoms with E-state index in [2.05, 4.69) is 17.4 Å². The molecule has 1 aromatic heterocycles. The van der Waals surface area contributed by atoms with Crippen molar-refractivity contribution in [2.45, 2.75) is 39.8 Å². The molecule has 2 rings (SSSR count). The predicted octanol–water partition coefficient (Wildman–Crippen LogP) is 1.25. The molecule has 2 unspecified atom stereocenters. The molecule has 0 bridgehead atoms. The molecule has 5 heteroatoms. The van der Waals surface area contributed by atoms with Crippen LogP contribution >= 0.6 is 0 Å². The third-order valence-corrected chi connectivity index (χ3v) is 3.80. The molecule has 100 valence electrons. The van der Waals surface area contributed by atoms with Crippen LogP contribution in [0.2, 0.25) is 0 Å². The van der Waals surface area contributed by atoms with E-state index in [0.717, 1.165) is 30.0 Å². The Labute approximate surface area is 108 Å². The van der Waals surface area contributed by atoms with Crippen LogP contribution in [0, 0.1) is 19.8 Å². The molecule has 0 aromatic carbocycles. The molecule has 1 fully saturated rings. The molecule has 0 radical (unpaired) electrons. The fraction of sp³-hybridized carbons (Fsp3) is 0.692. The first-order valence-electron chi connectivity index (χ1n) is 6.40. The number of hydrogen-bond acceptors (Lipinski definition) is 4. The molecule has 18 heavy (non-hydrogen) atoms. The molecule has 1 N–H and O–H groups in total. The van der Waals surface area contributed by atoms with Gasteiger partial charge in [0.15, 0.2) is 0 Å². The number of aromatic nitrogens is 1. The van der Waals surface area contributed by atoms with Crippen LogP contribution in [0.15, 0.2) is 4.52 Å². The highest BCUT2D eigenvalue weighted by Gasteiger charge is 2.31. The Bertz CT molecular complexity index is 422. The van der Waals surface area contributed by atoms with Crippen molar-refractivity contribution in [3.05, 3.63) is 17.0 Å². The second-order valence-electron chi connectivity index (χ2n) is 5.13. The second kappa shape index (κ2) is 5.10. The standard InChI is InChI=1S/C13H21N3O2/c1-8-11(5-6-14-8)13(17)16(4)7-12-9(2)15-18-10(12)3/h8,11,14H,5-7H2,1-4H3. The largest absolute Gasteiger partial charge is 0.361 e. The Kier molecular flexibility index (Phi) is 3.71. The van der Waals surface area contributed by atoms with E-state index in [-0.39, 0.29) is 17.9 Å². The molecule has 0 spiro atoms. The van der Waals surface area contributed by atoms with Crippen molar-refractivity contribution in [3.63, 3.8) is 0 Å². The van der Waals surface area contributed by atoms with E-state index < -0.39 is 0 Å². The SMILES string of the molecule is Cc1noc(C)c1CN(C)C(=O)C1CCNC1C. The van der Waals surface area contributed by atoms with Gasteiger partial charge in [-0.2, -0.15) is 0 Å². The molecule has 1 aliphatic heterocycles. The summed E-state index contributed by atoms with van der Waals surface area (Å²) in [6, 6.07) is 0.268. The van der Waals surface area contributed by atoms with Gasteiger partial charge in [0.1, 0.15) is 5.76 Å². The number of hydrogen-bond donors (Lipinski definition) is 1. The summed E-state index contributed by atoms with van der Waals surface area (Å²) < 4.78 is 5.12. The Balaban J connectivity index is 2.04. The zero-order valence-electron chi connectivity index (χ0n) is 11.5. The third-order valence-electron chi connectivity index (χ3n) is 3.80. The molecule has 1 aromatic rings. The number of nitrogens with zero attached hydrogens (tertiary/aromatic N) is 2. The van der Waals surface area contributed by atoms with Crippen LogP contribution in [0.3, 0.4) is 0 Å². The zero-order chi connectivity index (χ0) is 13.3. The first-order valence-corrected chi connectivity index (χ1v) is 6.40. The van der Waals surface area contributed by atoms with Gasteiger partial charge in [0.05, 0.1) is 18.2 Å². The fourth-order valence-electron chi connectivity index (χ4n) is 2.52. The lowest BCUT2D eigenvalue weighted by Gasteiger charge is -2.23. The summed E-state index contributed by atoms with van der Waals surface area (Å²) in [5.74, 6) is 1.09. The van der Waals surface area contributed by atoms with Crippen molar-refractivity contribution < 1.29 is 9.32 Å². The van der Waals surface area contributed by atoms with Gasteiger partial charge >= 0.3 is 0 Å². The first-order chi connectivity index (χ1) is 8.50. The highest BCUT2D eigenvalue weighted by atomic mass is 16.5. The number of aryl methyl sites for hydroxylation is 2. The molecule has 1 amide bonds. The molecule has 1 saturated heterocycles. The second-order valence-corrected chi connectivity index (χ2v) is 5.13. The smallest absolute Gasteiger partial charge is 0.227 e. The highest BCUT2D eigenvalue weighted by Crippen LogP contribution is 2.20. The van der Waals surface area contributed by atoms with Gasteiger partial charge in [0.25, 0.3) is 0 Å². The molecule has 1 aliphatic rings. The van der Waals surface area contributed by atoms with Gasteiger partial charge in [-0.05, 0) is 33.7 Å². The van der Waals surface area contributed by atoms with Gasteiger partial charge in [-0.15, -0.1) is 0 Å². The lowest BCUT2D eigenvalue weighted by Crippen LogP contribution is -2.37. The van der Waals surface area contributed by atoms with Gasteiger partial charge in [-0.25, -0.2) is 0 Å². The summed E-state index contributed by atoms with van der Waals surface area (Å²) in [7, 11) is 1.85. The molecule has 2 heterocycles. The van der Waals surface area contributed by atoms with E-state index in [4.69, 9.17) is 4.52 Å². The normalized spacial score (nSPS) is 23.3. The van der Waals surface area contributed by atoms with Gasteiger partial charge < -0.3 is 14.7 Å². The van der Waals surface area contributed by atoms with Gasteiger partial charge in [-0.3, -0.25) is 4.79 Å². The lowest BCUT2D eigenvalue weighted by atomic mass is 10.0. The minimum atomic E-state index is 0.0930. The van der Waals surface area contributed by atoms with Crippen LogP contribution in [-0.4, -0.2) is 35.6 Å². The summed E-state index contributed by atoms with van der Waals surface area (Å²) in [4.78, 5) is 14.1. The molecular weight excluding hydrogens is 230 g/mol. The van der Waals surface area contributed by atoms with E-state index >= 15 is 0 Å². The fourth-order valence-corrected chi connectivity index (χ4v) is 2.52. The summed E-state index contributed by atoms with van der Waals surface area (Å²) >= 11 is 0. The molecule has 0 saturated carbocycles. The number of nitrogens with one attached hydrogen (secondary N) is 1. The molecule has 0 aliphatic carbocycles. The predicted molar refractivity (Wildman–Crippen MR) is 68.0 cm³/mol. The van der Waals surface area contributed by atoms with Crippen LogP contribution in [-0.2, 0) is 11.3 Å². The summed E-state index contributed by atoms with van der Waals surface area (Å²) in [5, 5.41) is 7.22. The third kappa shape index (κ3) is 2.41. The monoisotopic (exact) mass is 251 g/mol. The van der Waals surface area contributed by atoms with E-state index in [1.807, 2.05) is 20.9 Å². The van der Waals surface area contributed by atoms with E-state index in [1.54, 1.807) is 4.90 Å². The maximum atomic E-state index is 12.3. The molecular formula is C13H21N3O2.